The number of esters is 1. The largest absolute Gasteiger partial charge is 0.463 e. The zero-order valence-corrected chi connectivity index (χ0v) is 28.5. The van der Waals surface area contributed by atoms with Gasteiger partial charge in [-0.05, 0) is 177 Å². The first-order valence-corrected chi connectivity index (χ1v) is 18.3. The Morgan fingerprint density at radius 1 is 0.884 bits per heavy atom. The number of fused-ring (bicyclic) bond motifs is 5. The molecule has 43 heavy (non-hydrogen) atoms. The van der Waals surface area contributed by atoms with Crippen molar-refractivity contribution in [3.8, 4) is 0 Å². The molecule has 250 valence electrons. The van der Waals surface area contributed by atoms with Gasteiger partial charge < -0.3 is 31.5 Å². The minimum Gasteiger partial charge on any atom is -0.463 e. The molecule has 10 atom stereocenters. The summed E-state index contributed by atoms with van der Waals surface area (Å²) in [4.78, 5) is 12.2. The third-order valence-electron chi connectivity index (χ3n) is 12.8. The number of hydrogen-bond acceptors (Lipinski definition) is 7. The lowest BCUT2D eigenvalue weighted by atomic mass is 9.43. The number of hydrogen-bond donors (Lipinski definition) is 5. The van der Waals surface area contributed by atoms with Crippen LogP contribution in [0.5, 0.6) is 0 Å². The molecule has 0 amide bonds. The zero-order valence-electron chi connectivity index (χ0n) is 28.5. The van der Waals surface area contributed by atoms with Gasteiger partial charge in [0.1, 0.15) is 0 Å². The van der Waals surface area contributed by atoms with Crippen LogP contribution in [0, 0.1) is 46.3 Å². The van der Waals surface area contributed by atoms with Gasteiger partial charge in [0, 0.05) is 12.5 Å². The van der Waals surface area contributed by atoms with Gasteiger partial charge in [-0.25, -0.2) is 0 Å². The van der Waals surface area contributed by atoms with E-state index in [1.54, 1.807) is 0 Å². The zero-order chi connectivity index (χ0) is 31.0. The van der Waals surface area contributed by atoms with E-state index < -0.39 is 0 Å². The summed E-state index contributed by atoms with van der Waals surface area (Å²) in [7, 11) is 0. The third kappa shape index (κ3) is 8.55. The fourth-order valence-corrected chi connectivity index (χ4v) is 10.6. The topological polar surface area (TPSA) is 109 Å². The van der Waals surface area contributed by atoms with E-state index in [2.05, 4.69) is 36.7 Å². The van der Waals surface area contributed by atoms with Gasteiger partial charge in [-0.1, -0.05) is 20.8 Å². The second-order valence-electron chi connectivity index (χ2n) is 15.9. The number of ether oxygens (including phenoxy) is 1. The van der Waals surface area contributed by atoms with Crippen LogP contribution >= 0.6 is 0 Å². The SMILES string of the molecule is CC(C)OC(=O)CC[C@@H](C)[C@H]1CCC2C3C(CC[C@@]21C)[C@@]1(C)CC[C@H](NCCCNCCCNCCCN)CC1C[C@H]3O. The van der Waals surface area contributed by atoms with Crippen LogP contribution in [-0.2, 0) is 9.53 Å². The normalized spacial score (nSPS) is 37.9. The summed E-state index contributed by atoms with van der Waals surface area (Å²) in [6.45, 7) is 17.5. The number of nitrogens with two attached hydrogens (primary N) is 1. The molecule has 0 aromatic heterocycles. The summed E-state index contributed by atoms with van der Waals surface area (Å²) in [6.07, 6.45) is 14.5. The Hall–Kier alpha value is -0.730. The molecule has 0 saturated heterocycles. The summed E-state index contributed by atoms with van der Waals surface area (Å²) in [5, 5.41) is 22.7. The van der Waals surface area contributed by atoms with Crippen LogP contribution in [0.2, 0.25) is 0 Å². The molecule has 7 nitrogen and oxygen atoms in total. The molecule has 6 N–H and O–H groups in total. The summed E-state index contributed by atoms with van der Waals surface area (Å²) in [6, 6.07) is 0.599. The van der Waals surface area contributed by atoms with Crippen molar-refractivity contribution in [1.82, 2.24) is 16.0 Å². The van der Waals surface area contributed by atoms with E-state index in [1.165, 1.54) is 57.8 Å². The molecule has 7 heteroatoms. The highest BCUT2D eigenvalue weighted by atomic mass is 16.5. The van der Waals surface area contributed by atoms with E-state index in [4.69, 9.17) is 10.5 Å². The standard InChI is InChI=1S/C36H68N4O3/c1-25(2)43-33(42)12-9-26(3)29-10-11-30-34-31(14-16-36(29,30)5)35(4)15-13-28(23-27(35)24-32(34)41)40-22-8-21-39-20-7-19-38-18-6-17-37/h25-32,34,38-41H,6-24,37H2,1-5H3/t26-,27?,28+,29-,30?,31?,32-,34?,35+,36-/m1/s1. The Balaban J connectivity index is 1.22. The number of rotatable bonds is 17. The molecule has 0 heterocycles. The van der Waals surface area contributed by atoms with Crippen molar-refractivity contribution >= 4 is 5.97 Å². The molecule has 0 bridgehead atoms. The van der Waals surface area contributed by atoms with E-state index in [1.807, 2.05) is 13.8 Å². The van der Waals surface area contributed by atoms with Crippen molar-refractivity contribution in [3.63, 3.8) is 0 Å². The van der Waals surface area contributed by atoms with Crippen LogP contribution in [-0.4, -0.2) is 68.6 Å². The number of aliphatic hydroxyl groups is 1. The van der Waals surface area contributed by atoms with Gasteiger partial charge in [0.05, 0.1) is 12.2 Å². The minimum absolute atomic E-state index is 0.0347. The Kier molecular flexibility index (Phi) is 13.2. The van der Waals surface area contributed by atoms with E-state index in [-0.39, 0.29) is 18.2 Å². The highest BCUT2D eigenvalue weighted by Crippen LogP contribution is 2.68. The minimum atomic E-state index is -0.157. The van der Waals surface area contributed by atoms with E-state index in [9.17, 15) is 9.90 Å². The van der Waals surface area contributed by atoms with Crippen molar-refractivity contribution in [2.75, 3.05) is 39.3 Å². The maximum atomic E-state index is 12.2. The quantitative estimate of drug-likeness (QED) is 0.114. The van der Waals surface area contributed by atoms with Crippen LogP contribution in [0.3, 0.4) is 0 Å². The Bertz CT molecular complexity index is 856. The van der Waals surface area contributed by atoms with Gasteiger partial charge in [0.15, 0.2) is 0 Å². The Labute approximate surface area is 264 Å². The average Bonchev–Trinajstić information content (AvgIpc) is 3.32. The Morgan fingerprint density at radius 3 is 2.23 bits per heavy atom. The monoisotopic (exact) mass is 605 g/mol. The van der Waals surface area contributed by atoms with Crippen LogP contribution < -0.4 is 21.7 Å². The van der Waals surface area contributed by atoms with E-state index in [0.717, 1.165) is 58.5 Å². The first-order chi connectivity index (χ1) is 20.6. The number of nitrogens with one attached hydrogen (secondary N) is 3. The van der Waals surface area contributed by atoms with Crippen molar-refractivity contribution in [2.45, 2.75) is 136 Å². The molecule has 4 saturated carbocycles. The molecule has 4 aliphatic rings. The van der Waals surface area contributed by atoms with Crippen LogP contribution in [0.4, 0.5) is 0 Å². The molecule has 4 aliphatic carbocycles. The fourth-order valence-electron chi connectivity index (χ4n) is 10.6. The first-order valence-electron chi connectivity index (χ1n) is 18.3. The maximum absolute atomic E-state index is 12.2. The average molecular weight is 605 g/mol. The lowest BCUT2D eigenvalue weighted by Gasteiger charge is -2.62. The molecule has 4 rings (SSSR count). The molecule has 0 aliphatic heterocycles. The predicted octanol–water partition coefficient (Wildman–Crippen LogP) is 5.25. The first kappa shape index (κ1) is 35.1. The van der Waals surface area contributed by atoms with Crippen molar-refractivity contribution in [2.24, 2.45) is 52.1 Å². The Morgan fingerprint density at radius 2 is 1.53 bits per heavy atom. The van der Waals surface area contributed by atoms with E-state index >= 15 is 0 Å². The summed E-state index contributed by atoms with van der Waals surface area (Å²) in [5.74, 6) is 3.49. The number of carbonyl (C=O) groups is 1. The molecular formula is C36H68N4O3. The maximum Gasteiger partial charge on any atom is 0.306 e. The fraction of sp³-hybridized carbons (Fsp3) is 0.972. The van der Waals surface area contributed by atoms with Gasteiger partial charge in [-0.15, -0.1) is 0 Å². The van der Waals surface area contributed by atoms with E-state index in [0.29, 0.717) is 58.8 Å². The highest BCUT2D eigenvalue weighted by molar-refractivity contribution is 5.69. The van der Waals surface area contributed by atoms with Crippen molar-refractivity contribution in [3.05, 3.63) is 0 Å². The lowest BCUT2D eigenvalue weighted by molar-refractivity contribution is -0.167. The van der Waals surface area contributed by atoms with Crippen LogP contribution in [0.15, 0.2) is 0 Å². The number of aliphatic hydroxyl groups excluding tert-OH is 1. The second kappa shape index (κ2) is 16.2. The molecular weight excluding hydrogens is 536 g/mol. The van der Waals surface area contributed by atoms with Crippen molar-refractivity contribution in [1.29, 1.82) is 0 Å². The molecule has 0 spiro atoms. The number of carbonyl (C=O) groups excluding carboxylic acids is 1. The van der Waals surface area contributed by atoms with Gasteiger partial charge >= 0.3 is 5.97 Å². The lowest BCUT2D eigenvalue weighted by Crippen LogP contribution is -2.59. The summed E-state index contributed by atoms with van der Waals surface area (Å²) < 4.78 is 5.42. The van der Waals surface area contributed by atoms with Gasteiger partial charge in [0.25, 0.3) is 0 Å². The molecule has 4 fully saturated rings. The summed E-state index contributed by atoms with van der Waals surface area (Å²) >= 11 is 0. The summed E-state index contributed by atoms with van der Waals surface area (Å²) in [5.41, 5.74) is 6.20. The molecule has 4 unspecified atom stereocenters. The molecule has 0 aromatic carbocycles. The predicted molar refractivity (Wildman–Crippen MR) is 177 cm³/mol. The third-order valence-corrected chi connectivity index (χ3v) is 12.8. The molecule has 0 radical (unpaired) electrons. The van der Waals surface area contributed by atoms with Gasteiger partial charge in [0.2, 0.25) is 0 Å². The smallest absolute Gasteiger partial charge is 0.306 e. The van der Waals surface area contributed by atoms with Crippen LogP contribution in [0.1, 0.15) is 118 Å². The van der Waals surface area contributed by atoms with Crippen LogP contribution in [0.25, 0.3) is 0 Å². The highest BCUT2D eigenvalue weighted by Gasteiger charge is 2.62. The van der Waals surface area contributed by atoms with Crippen molar-refractivity contribution < 1.29 is 14.6 Å². The molecule has 0 aromatic rings. The second-order valence-corrected chi connectivity index (χ2v) is 15.9. The van der Waals surface area contributed by atoms with Gasteiger partial charge in [-0.2, -0.15) is 0 Å². The van der Waals surface area contributed by atoms with Gasteiger partial charge in [-0.3, -0.25) is 4.79 Å².